The van der Waals surface area contributed by atoms with E-state index in [2.05, 4.69) is 4.72 Å². The lowest BCUT2D eigenvalue weighted by Gasteiger charge is -2.29. The van der Waals surface area contributed by atoms with Crippen molar-refractivity contribution in [1.29, 1.82) is 0 Å². The van der Waals surface area contributed by atoms with Crippen molar-refractivity contribution in [1.82, 2.24) is 4.72 Å². The number of aliphatic hydroxyl groups excluding tert-OH is 1. The minimum absolute atomic E-state index is 0.0315. The van der Waals surface area contributed by atoms with E-state index in [-0.39, 0.29) is 15.9 Å². The summed E-state index contributed by atoms with van der Waals surface area (Å²) in [5, 5.41) is 8.99. The molecule has 2 N–H and O–H groups in total. The van der Waals surface area contributed by atoms with Gasteiger partial charge in [0.15, 0.2) is 0 Å². The molecule has 0 aliphatic rings. The first kappa shape index (κ1) is 17.1. The van der Waals surface area contributed by atoms with Crippen molar-refractivity contribution in [2.75, 3.05) is 6.54 Å². The monoisotopic (exact) mass is 303 g/mol. The number of aliphatic hydroxyl groups is 1. The van der Waals surface area contributed by atoms with E-state index in [0.29, 0.717) is 12.5 Å². The van der Waals surface area contributed by atoms with Crippen LogP contribution >= 0.6 is 0 Å². The highest BCUT2D eigenvalue weighted by atomic mass is 32.2. The van der Waals surface area contributed by atoms with Crippen LogP contribution in [0.2, 0.25) is 0 Å². The van der Waals surface area contributed by atoms with Crippen LogP contribution in [0.5, 0.6) is 0 Å². The largest absolute Gasteiger partial charge is 0.392 e. The molecule has 0 bridgehead atoms. The second-order valence-corrected chi connectivity index (χ2v) is 7.65. The molecule has 0 unspecified atom stereocenters. The van der Waals surface area contributed by atoms with Crippen LogP contribution in [0.25, 0.3) is 0 Å². The van der Waals surface area contributed by atoms with Gasteiger partial charge in [-0.25, -0.2) is 17.5 Å². The Bertz CT molecular complexity index is 568. The van der Waals surface area contributed by atoms with Gasteiger partial charge in [0.25, 0.3) is 0 Å². The fourth-order valence-electron chi connectivity index (χ4n) is 1.41. The van der Waals surface area contributed by atoms with E-state index in [1.807, 2.05) is 27.7 Å². The van der Waals surface area contributed by atoms with Crippen LogP contribution < -0.4 is 4.72 Å². The number of hydrogen-bond acceptors (Lipinski definition) is 3. The Balaban J connectivity index is 2.95. The van der Waals surface area contributed by atoms with Crippen LogP contribution in [0.15, 0.2) is 23.1 Å². The summed E-state index contributed by atoms with van der Waals surface area (Å²) in [5.41, 5.74) is -0.219. The van der Waals surface area contributed by atoms with E-state index in [9.17, 15) is 12.8 Å². The van der Waals surface area contributed by atoms with E-state index in [4.69, 9.17) is 5.11 Å². The number of benzene rings is 1. The summed E-state index contributed by atoms with van der Waals surface area (Å²) in [4.78, 5) is -0.0393. The average Bonchev–Trinajstić information content (AvgIpc) is 2.37. The van der Waals surface area contributed by atoms with Crippen LogP contribution in [0.3, 0.4) is 0 Å². The van der Waals surface area contributed by atoms with Crippen LogP contribution in [0.4, 0.5) is 4.39 Å². The van der Waals surface area contributed by atoms with E-state index >= 15 is 0 Å². The zero-order valence-corrected chi connectivity index (χ0v) is 13.1. The summed E-state index contributed by atoms with van der Waals surface area (Å²) in [6, 6.07) is 3.40. The molecule has 6 heteroatoms. The fraction of sp³-hybridized carbons (Fsp3) is 0.571. The van der Waals surface area contributed by atoms with Gasteiger partial charge < -0.3 is 5.11 Å². The minimum Gasteiger partial charge on any atom is -0.392 e. The van der Waals surface area contributed by atoms with Crippen LogP contribution in [0, 0.1) is 17.2 Å². The normalized spacial score (nSPS) is 12.9. The van der Waals surface area contributed by atoms with Crippen LogP contribution in [-0.4, -0.2) is 20.1 Å². The van der Waals surface area contributed by atoms with Crippen molar-refractivity contribution in [2.45, 2.75) is 39.2 Å². The summed E-state index contributed by atoms with van der Waals surface area (Å²) >= 11 is 0. The van der Waals surface area contributed by atoms with Gasteiger partial charge in [0, 0.05) is 12.1 Å². The Morgan fingerprint density at radius 3 is 2.45 bits per heavy atom. The summed E-state index contributed by atoms with van der Waals surface area (Å²) < 4.78 is 40.1. The van der Waals surface area contributed by atoms with Gasteiger partial charge in [-0.3, -0.25) is 0 Å². The fourth-order valence-corrected chi connectivity index (χ4v) is 2.68. The van der Waals surface area contributed by atoms with Gasteiger partial charge in [0.05, 0.1) is 11.5 Å². The van der Waals surface area contributed by atoms with E-state index < -0.39 is 22.4 Å². The first-order valence-electron chi connectivity index (χ1n) is 6.49. The zero-order chi connectivity index (χ0) is 15.6. The maximum atomic E-state index is 13.3. The van der Waals surface area contributed by atoms with Gasteiger partial charge >= 0.3 is 0 Å². The molecule has 0 saturated carbocycles. The Labute approximate surface area is 120 Å². The zero-order valence-electron chi connectivity index (χ0n) is 12.3. The van der Waals surface area contributed by atoms with Crippen LogP contribution in [-0.2, 0) is 16.6 Å². The van der Waals surface area contributed by atoms with E-state index in [1.165, 1.54) is 6.07 Å². The highest BCUT2D eigenvalue weighted by molar-refractivity contribution is 7.89. The molecule has 0 radical (unpaired) electrons. The summed E-state index contributed by atoms with van der Waals surface area (Å²) in [6.07, 6.45) is 0. The van der Waals surface area contributed by atoms with Crippen molar-refractivity contribution in [3.63, 3.8) is 0 Å². The Morgan fingerprint density at radius 1 is 1.35 bits per heavy atom. The molecule has 114 valence electrons. The van der Waals surface area contributed by atoms with E-state index in [0.717, 1.165) is 12.1 Å². The van der Waals surface area contributed by atoms with Crippen molar-refractivity contribution >= 4 is 10.0 Å². The second kappa shape index (κ2) is 6.20. The maximum Gasteiger partial charge on any atom is 0.240 e. The molecule has 1 aromatic carbocycles. The molecule has 0 saturated heterocycles. The molecule has 1 aromatic rings. The smallest absolute Gasteiger partial charge is 0.240 e. The molecule has 0 aliphatic carbocycles. The third kappa shape index (κ3) is 4.01. The molecule has 0 spiro atoms. The topological polar surface area (TPSA) is 66.4 Å². The Morgan fingerprint density at radius 2 is 1.95 bits per heavy atom. The van der Waals surface area contributed by atoms with Gasteiger partial charge in [0.2, 0.25) is 10.0 Å². The molecule has 0 aromatic heterocycles. The van der Waals surface area contributed by atoms with E-state index in [1.54, 1.807) is 0 Å². The average molecular weight is 303 g/mol. The predicted octanol–water partition coefficient (Wildman–Crippen LogP) is 2.28. The van der Waals surface area contributed by atoms with Gasteiger partial charge in [-0.2, -0.15) is 0 Å². The first-order chi connectivity index (χ1) is 9.10. The van der Waals surface area contributed by atoms with Gasteiger partial charge in [-0.1, -0.05) is 27.7 Å². The molecular weight excluding hydrogens is 281 g/mol. The van der Waals surface area contributed by atoms with Crippen molar-refractivity contribution in [3.8, 4) is 0 Å². The molecule has 0 atom stereocenters. The number of nitrogens with one attached hydrogen (secondary N) is 1. The maximum absolute atomic E-state index is 13.3. The molecule has 0 amide bonds. The highest BCUT2D eigenvalue weighted by Crippen LogP contribution is 2.25. The predicted molar refractivity (Wildman–Crippen MR) is 76.1 cm³/mol. The quantitative estimate of drug-likeness (QED) is 0.847. The second-order valence-electron chi connectivity index (χ2n) is 5.88. The molecule has 0 heterocycles. The van der Waals surface area contributed by atoms with Crippen molar-refractivity contribution in [3.05, 3.63) is 29.6 Å². The van der Waals surface area contributed by atoms with Crippen molar-refractivity contribution < 1.29 is 17.9 Å². The lowest BCUT2D eigenvalue weighted by molar-refractivity contribution is 0.252. The number of rotatable bonds is 6. The van der Waals surface area contributed by atoms with Crippen molar-refractivity contribution in [2.24, 2.45) is 11.3 Å². The summed E-state index contributed by atoms with van der Waals surface area (Å²) in [6.45, 7) is 7.76. The SMILES string of the molecule is CC(C)C(C)(C)CNS(=O)(=O)c1ccc(F)c(CO)c1. The molecule has 20 heavy (non-hydrogen) atoms. The first-order valence-corrected chi connectivity index (χ1v) is 7.97. The van der Waals surface area contributed by atoms with Gasteiger partial charge in [0.1, 0.15) is 5.82 Å². The lowest BCUT2D eigenvalue weighted by atomic mass is 9.81. The molecule has 1 rings (SSSR count). The third-order valence-electron chi connectivity index (χ3n) is 3.78. The molecule has 4 nitrogen and oxygen atoms in total. The number of halogens is 1. The Kier molecular flexibility index (Phi) is 5.29. The van der Waals surface area contributed by atoms with Gasteiger partial charge in [-0.15, -0.1) is 0 Å². The highest BCUT2D eigenvalue weighted by Gasteiger charge is 2.25. The molecular formula is C14H22FNO3S. The third-order valence-corrected chi connectivity index (χ3v) is 5.18. The number of hydrogen-bond donors (Lipinski definition) is 2. The van der Waals surface area contributed by atoms with Gasteiger partial charge in [-0.05, 0) is 29.5 Å². The summed E-state index contributed by atoms with van der Waals surface area (Å²) in [7, 11) is -3.70. The molecule has 0 fully saturated rings. The summed E-state index contributed by atoms with van der Waals surface area (Å²) in [5.74, 6) is -0.305. The van der Waals surface area contributed by atoms with Crippen LogP contribution in [0.1, 0.15) is 33.3 Å². The lowest BCUT2D eigenvalue weighted by Crippen LogP contribution is -2.37. The number of sulfonamides is 1. The standard InChI is InChI=1S/C14H22FNO3S/c1-10(2)14(3,4)9-16-20(18,19)12-5-6-13(15)11(7-12)8-17/h5-7,10,16-17H,8-9H2,1-4H3. The Hall–Kier alpha value is -0.980. The molecule has 0 aliphatic heterocycles. The minimum atomic E-state index is -3.70.